The van der Waals surface area contributed by atoms with E-state index in [1.807, 2.05) is 63.4 Å². The van der Waals surface area contributed by atoms with E-state index in [0.29, 0.717) is 11.5 Å². The molecule has 1 heterocycles. The van der Waals surface area contributed by atoms with Crippen LogP contribution >= 0.6 is 0 Å². The van der Waals surface area contributed by atoms with Crippen LogP contribution in [-0.2, 0) is 11.2 Å². The summed E-state index contributed by atoms with van der Waals surface area (Å²) in [6.07, 6.45) is 3.14. The van der Waals surface area contributed by atoms with Crippen molar-refractivity contribution in [3.05, 3.63) is 60.3 Å². The Balaban J connectivity index is 1.83. The molecule has 0 saturated carbocycles. The number of hydrogen-bond donors (Lipinski definition) is 3. The number of guanidine groups is 1. The van der Waals surface area contributed by atoms with Gasteiger partial charge in [-0.2, -0.15) is 5.26 Å². The van der Waals surface area contributed by atoms with Crippen molar-refractivity contribution in [3.63, 3.8) is 0 Å². The molecule has 3 aromatic rings. The van der Waals surface area contributed by atoms with Crippen LogP contribution in [0.15, 0.2) is 59.7 Å². The van der Waals surface area contributed by atoms with Gasteiger partial charge in [0.25, 0.3) is 0 Å². The first-order chi connectivity index (χ1) is 16.7. The monoisotopic (exact) mass is 474 g/mol. The van der Waals surface area contributed by atoms with Gasteiger partial charge in [0.2, 0.25) is 11.9 Å². The van der Waals surface area contributed by atoms with Crippen LogP contribution in [0.4, 0.5) is 5.69 Å². The molecule has 0 bridgehead atoms. The zero-order valence-electron chi connectivity index (χ0n) is 20.5. The number of benzene rings is 2. The largest absolute Gasteiger partial charge is 0.493 e. The average Bonchev–Trinajstić information content (AvgIpc) is 2.83. The van der Waals surface area contributed by atoms with E-state index in [-0.39, 0.29) is 18.3 Å². The summed E-state index contributed by atoms with van der Waals surface area (Å²) in [5.41, 5.74) is 1.89. The van der Waals surface area contributed by atoms with E-state index in [2.05, 4.69) is 25.9 Å². The van der Waals surface area contributed by atoms with Gasteiger partial charge in [-0.05, 0) is 42.0 Å². The van der Waals surface area contributed by atoms with Crippen molar-refractivity contribution in [2.45, 2.75) is 33.4 Å². The third kappa shape index (κ3) is 6.60. The number of hydrogen-bond acceptors (Lipinski definition) is 6. The van der Waals surface area contributed by atoms with Crippen molar-refractivity contribution < 1.29 is 14.3 Å². The molecular weight excluding hydrogens is 444 g/mol. The van der Waals surface area contributed by atoms with Gasteiger partial charge in [0, 0.05) is 17.0 Å². The van der Waals surface area contributed by atoms with Crippen LogP contribution in [0.1, 0.15) is 26.3 Å². The van der Waals surface area contributed by atoms with Crippen LogP contribution in [0.3, 0.4) is 0 Å². The summed E-state index contributed by atoms with van der Waals surface area (Å²) in [5, 5.41) is 18.9. The minimum absolute atomic E-state index is 0.131. The normalized spacial score (nSPS) is 12.4. The lowest BCUT2D eigenvalue weighted by Gasteiger charge is -2.29. The van der Waals surface area contributed by atoms with Crippen LogP contribution in [0.25, 0.3) is 10.9 Å². The number of nitriles is 1. The fourth-order valence-electron chi connectivity index (χ4n) is 3.44. The number of aromatic nitrogens is 1. The molecule has 9 heteroatoms. The van der Waals surface area contributed by atoms with Gasteiger partial charge in [-0.1, -0.05) is 32.9 Å². The molecule has 0 spiro atoms. The summed E-state index contributed by atoms with van der Waals surface area (Å²) in [4.78, 5) is 21.9. The number of ether oxygens (including phenoxy) is 2. The van der Waals surface area contributed by atoms with E-state index in [1.54, 1.807) is 32.5 Å². The molecule has 35 heavy (non-hydrogen) atoms. The van der Waals surface area contributed by atoms with E-state index >= 15 is 0 Å². The smallest absolute Gasteiger partial charge is 0.226 e. The van der Waals surface area contributed by atoms with Crippen molar-refractivity contribution in [2.24, 2.45) is 10.4 Å². The van der Waals surface area contributed by atoms with Crippen LogP contribution in [0.2, 0.25) is 0 Å². The maximum Gasteiger partial charge on any atom is 0.226 e. The van der Waals surface area contributed by atoms with Crippen molar-refractivity contribution in [3.8, 4) is 17.7 Å². The van der Waals surface area contributed by atoms with E-state index in [0.717, 1.165) is 22.2 Å². The predicted molar refractivity (Wildman–Crippen MR) is 136 cm³/mol. The Bertz CT molecular complexity index is 1250. The molecule has 3 rings (SSSR count). The molecule has 0 aliphatic carbocycles. The van der Waals surface area contributed by atoms with Gasteiger partial charge in [-0.3, -0.25) is 15.1 Å². The third-order valence-electron chi connectivity index (χ3n) is 5.26. The van der Waals surface area contributed by atoms with Gasteiger partial charge in [0.1, 0.15) is 6.17 Å². The molecule has 2 aromatic carbocycles. The number of aliphatic imine (C=N–C) groups is 1. The van der Waals surface area contributed by atoms with Crippen molar-refractivity contribution in [2.75, 3.05) is 19.5 Å². The SMILES string of the molecule is COc1ccc(CC(=O)N[C@H](N=C(NC#N)Nc2cccc3ncccc23)C(C)(C)C)cc1OC. The summed E-state index contributed by atoms with van der Waals surface area (Å²) in [6, 6.07) is 14.8. The second kappa shape index (κ2) is 11.2. The average molecular weight is 475 g/mol. The number of rotatable bonds is 7. The molecule has 0 unspecified atom stereocenters. The predicted octanol–water partition coefficient (Wildman–Crippen LogP) is 3.82. The van der Waals surface area contributed by atoms with Gasteiger partial charge in [-0.15, -0.1) is 0 Å². The Morgan fingerprint density at radius 1 is 1.11 bits per heavy atom. The molecule has 0 saturated heterocycles. The molecule has 1 aromatic heterocycles. The Hall–Kier alpha value is -4.32. The van der Waals surface area contributed by atoms with Crippen LogP contribution < -0.4 is 25.4 Å². The first kappa shape index (κ1) is 25.3. The summed E-state index contributed by atoms with van der Waals surface area (Å²) in [6.45, 7) is 5.89. The Morgan fingerprint density at radius 3 is 2.57 bits per heavy atom. The molecule has 182 valence electrons. The lowest BCUT2D eigenvalue weighted by atomic mass is 9.92. The first-order valence-corrected chi connectivity index (χ1v) is 11.1. The van der Waals surface area contributed by atoms with Crippen molar-refractivity contribution in [1.29, 1.82) is 5.26 Å². The number of amides is 1. The number of anilines is 1. The van der Waals surface area contributed by atoms with E-state index in [9.17, 15) is 10.1 Å². The molecule has 0 aliphatic rings. The van der Waals surface area contributed by atoms with Crippen molar-refractivity contribution in [1.82, 2.24) is 15.6 Å². The van der Waals surface area contributed by atoms with Gasteiger partial charge in [-0.25, -0.2) is 4.99 Å². The maximum absolute atomic E-state index is 12.9. The summed E-state index contributed by atoms with van der Waals surface area (Å²) in [7, 11) is 3.11. The molecule has 1 amide bonds. The highest BCUT2D eigenvalue weighted by Gasteiger charge is 2.27. The minimum atomic E-state index is -0.619. The molecular formula is C26H30N6O3. The standard InChI is InChI=1S/C26H30N6O3/c1-26(2,3)24(31-23(33)15-17-11-12-21(34-4)22(14-17)35-5)32-25(29-16-27)30-20-10-6-9-19-18(20)8-7-13-28-19/h6-14,24H,15H2,1-5H3,(H,31,33)(H2,29,30,32)/t24-/m1/s1. The fourth-order valence-corrected chi connectivity index (χ4v) is 3.44. The zero-order chi connectivity index (χ0) is 25.4. The molecule has 0 radical (unpaired) electrons. The summed E-state index contributed by atoms with van der Waals surface area (Å²) in [5.74, 6) is 1.15. The first-order valence-electron chi connectivity index (χ1n) is 11.1. The van der Waals surface area contributed by atoms with Gasteiger partial charge >= 0.3 is 0 Å². The number of nitrogens with one attached hydrogen (secondary N) is 3. The van der Waals surface area contributed by atoms with Crippen LogP contribution in [0.5, 0.6) is 11.5 Å². The second-order valence-electron chi connectivity index (χ2n) is 8.92. The summed E-state index contributed by atoms with van der Waals surface area (Å²) < 4.78 is 10.6. The third-order valence-corrected chi connectivity index (χ3v) is 5.26. The zero-order valence-corrected chi connectivity index (χ0v) is 20.5. The summed E-state index contributed by atoms with van der Waals surface area (Å²) >= 11 is 0. The maximum atomic E-state index is 12.9. The van der Waals surface area contributed by atoms with Gasteiger partial charge in [0.15, 0.2) is 17.7 Å². The van der Waals surface area contributed by atoms with E-state index < -0.39 is 11.6 Å². The minimum Gasteiger partial charge on any atom is -0.493 e. The Kier molecular flexibility index (Phi) is 8.10. The number of pyridine rings is 1. The van der Waals surface area contributed by atoms with Crippen LogP contribution in [0, 0.1) is 16.9 Å². The topological polar surface area (TPSA) is 121 Å². The molecule has 0 fully saturated rings. The molecule has 3 N–H and O–H groups in total. The van der Waals surface area contributed by atoms with Gasteiger partial charge in [0.05, 0.1) is 31.8 Å². The molecule has 9 nitrogen and oxygen atoms in total. The number of methoxy groups -OCH3 is 2. The quantitative estimate of drug-likeness (QED) is 0.206. The highest BCUT2D eigenvalue weighted by atomic mass is 16.5. The Morgan fingerprint density at radius 2 is 1.89 bits per heavy atom. The van der Waals surface area contributed by atoms with E-state index in [4.69, 9.17) is 9.47 Å². The lowest BCUT2D eigenvalue weighted by molar-refractivity contribution is -0.121. The number of fused-ring (bicyclic) bond motifs is 1. The number of nitrogens with zero attached hydrogens (tertiary/aromatic N) is 3. The number of carbonyl (C=O) groups is 1. The highest BCUT2D eigenvalue weighted by Crippen LogP contribution is 2.28. The second-order valence-corrected chi connectivity index (χ2v) is 8.92. The number of carbonyl (C=O) groups excluding carboxylic acids is 1. The molecule has 1 atom stereocenters. The van der Waals surface area contributed by atoms with Crippen LogP contribution in [-0.4, -0.2) is 37.2 Å². The Labute approximate surface area is 205 Å². The fraction of sp³-hybridized carbons (Fsp3) is 0.308. The van der Waals surface area contributed by atoms with Gasteiger partial charge < -0.3 is 20.1 Å². The molecule has 0 aliphatic heterocycles. The lowest BCUT2D eigenvalue weighted by Crippen LogP contribution is -2.45. The van der Waals surface area contributed by atoms with E-state index in [1.165, 1.54) is 0 Å². The van der Waals surface area contributed by atoms with Crippen molar-refractivity contribution >= 4 is 28.5 Å². The highest BCUT2D eigenvalue weighted by molar-refractivity contribution is 6.02.